The molecule has 128 valence electrons. The molecule has 3 rings (SSSR count). The van der Waals surface area contributed by atoms with E-state index in [9.17, 15) is 8.42 Å². The summed E-state index contributed by atoms with van der Waals surface area (Å²) in [4.78, 5) is 2.77. The minimum absolute atomic E-state index is 0.278. The Morgan fingerprint density at radius 1 is 1.08 bits per heavy atom. The maximum atomic E-state index is 12.3. The van der Waals surface area contributed by atoms with Crippen molar-refractivity contribution in [1.82, 2.24) is 4.90 Å². The largest absolute Gasteiger partial charge is 0.303 e. The molecule has 1 fully saturated rings. The van der Waals surface area contributed by atoms with Gasteiger partial charge in [0.05, 0.1) is 4.90 Å². The van der Waals surface area contributed by atoms with E-state index in [1.165, 1.54) is 18.4 Å². The summed E-state index contributed by atoms with van der Waals surface area (Å²) in [7, 11) is -3.52. The third-order valence-corrected chi connectivity index (χ3v) is 5.90. The fourth-order valence-corrected chi connectivity index (χ4v) is 4.34. The van der Waals surface area contributed by atoms with Crippen molar-refractivity contribution in [1.29, 1.82) is 0 Å². The molecule has 0 bridgehead atoms. The first-order chi connectivity index (χ1) is 11.6. The second-order valence-corrected chi connectivity index (χ2v) is 8.01. The molecular weight excluding hydrogens is 320 g/mol. The predicted molar refractivity (Wildman–Crippen MR) is 97.8 cm³/mol. The Labute approximate surface area is 144 Å². The van der Waals surface area contributed by atoms with Gasteiger partial charge >= 0.3 is 0 Å². The number of sulfonamides is 1. The van der Waals surface area contributed by atoms with Gasteiger partial charge in [0.15, 0.2) is 0 Å². The molecule has 4 nitrogen and oxygen atoms in total. The zero-order valence-corrected chi connectivity index (χ0v) is 14.8. The Hall–Kier alpha value is -1.85. The summed E-state index contributed by atoms with van der Waals surface area (Å²) in [6, 6.07) is 16.2. The topological polar surface area (TPSA) is 49.4 Å². The summed E-state index contributed by atoms with van der Waals surface area (Å²) in [5.74, 6) is 0.552. The average molecular weight is 344 g/mol. The van der Waals surface area contributed by atoms with Crippen LogP contribution < -0.4 is 4.72 Å². The number of nitrogens with one attached hydrogen (secondary N) is 1. The standard InChI is InChI=1S/C19H24N2O2S/c1-2-13-21-14-12-17(15-21)16-8-10-18(11-9-16)20-24(22,23)19-6-4-3-5-7-19/h3-11,17,20H,2,12-15H2,1H3/t17-/m1/s1. The number of nitrogens with zero attached hydrogens (tertiary/aromatic N) is 1. The van der Waals surface area contributed by atoms with Crippen LogP contribution in [0.4, 0.5) is 5.69 Å². The van der Waals surface area contributed by atoms with E-state index in [0.717, 1.165) is 19.6 Å². The number of benzene rings is 2. The van der Waals surface area contributed by atoms with E-state index in [0.29, 0.717) is 11.6 Å². The Kier molecular flexibility index (Phi) is 5.21. The lowest BCUT2D eigenvalue weighted by Gasteiger charge is -2.15. The second-order valence-electron chi connectivity index (χ2n) is 6.33. The molecule has 0 radical (unpaired) electrons. The van der Waals surface area contributed by atoms with E-state index in [1.807, 2.05) is 24.3 Å². The molecule has 0 spiro atoms. The highest BCUT2D eigenvalue weighted by atomic mass is 32.2. The minimum atomic E-state index is -3.52. The van der Waals surface area contributed by atoms with Gasteiger partial charge < -0.3 is 4.90 Å². The molecule has 0 saturated carbocycles. The van der Waals surface area contributed by atoms with Gasteiger partial charge in [-0.15, -0.1) is 0 Å². The Morgan fingerprint density at radius 2 is 1.79 bits per heavy atom. The van der Waals surface area contributed by atoms with E-state index < -0.39 is 10.0 Å². The molecule has 1 N–H and O–H groups in total. The highest BCUT2D eigenvalue weighted by molar-refractivity contribution is 7.92. The lowest BCUT2D eigenvalue weighted by atomic mass is 9.98. The molecule has 1 atom stereocenters. The Bertz CT molecular complexity index is 758. The summed E-state index contributed by atoms with van der Waals surface area (Å²) in [6.07, 6.45) is 2.36. The van der Waals surface area contributed by atoms with Gasteiger partial charge in [-0.2, -0.15) is 0 Å². The van der Waals surface area contributed by atoms with E-state index >= 15 is 0 Å². The van der Waals surface area contributed by atoms with Crippen molar-refractivity contribution in [3.63, 3.8) is 0 Å². The molecule has 2 aromatic rings. The number of hydrogen-bond acceptors (Lipinski definition) is 3. The van der Waals surface area contributed by atoms with Crippen molar-refractivity contribution in [3.05, 3.63) is 60.2 Å². The molecule has 0 aromatic heterocycles. The monoisotopic (exact) mass is 344 g/mol. The number of hydrogen-bond donors (Lipinski definition) is 1. The van der Waals surface area contributed by atoms with Gasteiger partial charge in [0, 0.05) is 12.2 Å². The number of anilines is 1. The summed E-state index contributed by atoms with van der Waals surface area (Å²) >= 11 is 0. The van der Waals surface area contributed by atoms with Gasteiger partial charge in [-0.3, -0.25) is 4.72 Å². The zero-order valence-electron chi connectivity index (χ0n) is 14.0. The van der Waals surface area contributed by atoms with Crippen molar-refractivity contribution < 1.29 is 8.42 Å². The highest BCUT2D eigenvalue weighted by Gasteiger charge is 2.23. The van der Waals surface area contributed by atoms with Crippen molar-refractivity contribution >= 4 is 15.7 Å². The fourth-order valence-electron chi connectivity index (χ4n) is 3.26. The van der Waals surface area contributed by atoms with Gasteiger partial charge in [-0.05, 0) is 61.7 Å². The first-order valence-electron chi connectivity index (χ1n) is 8.48. The number of likely N-dealkylation sites (tertiary alicyclic amines) is 1. The lowest BCUT2D eigenvalue weighted by Crippen LogP contribution is -2.20. The lowest BCUT2D eigenvalue weighted by molar-refractivity contribution is 0.335. The van der Waals surface area contributed by atoms with E-state index in [4.69, 9.17) is 0 Å². The SMILES string of the molecule is CCCN1CC[C@@H](c2ccc(NS(=O)(=O)c3ccccc3)cc2)C1. The molecule has 2 aromatic carbocycles. The maximum absolute atomic E-state index is 12.3. The third kappa shape index (κ3) is 3.97. The third-order valence-electron chi connectivity index (χ3n) is 4.50. The molecule has 0 amide bonds. The van der Waals surface area contributed by atoms with Crippen molar-refractivity contribution in [2.24, 2.45) is 0 Å². The van der Waals surface area contributed by atoms with Crippen LogP contribution in [0.2, 0.25) is 0 Å². The van der Waals surface area contributed by atoms with Gasteiger partial charge in [-0.1, -0.05) is 37.3 Å². The Balaban J connectivity index is 1.67. The minimum Gasteiger partial charge on any atom is -0.303 e. The first kappa shape index (κ1) is 17.0. The van der Waals surface area contributed by atoms with Crippen LogP contribution in [0.3, 0.4) is 0 Å². The molecule has 5 heteroatoms. The van der Waals surface area contributed by atoms with Gasteiger partial charge in [0.1, 0.15) is 0 Å². The summed E-state index contributed by atoms with van der Waals surface area (Å²) in [5, 5.41) is 0. The van der Waals surface area contributed by atoms with Crippen LogP contribution in [-0.2, 0) is 10.0 Å². The van der Waals surface area contributed by atoms with Gasteiger partial charge in [0.25, 0.3) is 10.0 Å². The molecule has 24 heavy (non-hydrogen) atoms. The van der Waals surface area contributed by atoms with Crippen molar-refractivity contribution in [3.8, 4) is 0 Å². The van der Waals surface area contributed by atoms with Crippen LogP contribution in [0.25, 0.3) is 0 Å². The fraction of sp³-hybridized carbons (Fsp3) is 0.368. The van der Waals surface area contributed by atoms with Crippen molar-refractivity contribution in [2.45, 2.75) is 30.6 Å². The van der Waals surface area contributed by atoms with Crippen LogP contribution in [0, 0.1) is 0 Å². The predicted octanol–water partition coefficient (Wildman–Crippen LogP) is 3.69. The smallest absolute Gasteiger partial charge is 0.261 e. The second kappa shape index (κ2) is 7.36. The van der Waals surface area contributed by atoms with Gasteiger partial charge in [-0.25, -0.2) is 8.42 Å². The van der Waals surface area contributed by atoms with Crippen molar-refractivity contribution in [2.75, 3.05) is 24.4 Å². The molecule has 1 heterocycles. The quantitative estimate of drug-likeness (QED) is 0.869. The van der Waals surface area contributed by atoms with E-state index in [1.54, 1.807) is 30.3 Å². The molecule has 0 unspecified atom stereocenters. The van der Waals surface area contributed by atoms with E-state index in [2.05, 4.69) is 16.5 Å². The molecular formula is C19H24N2O2S. The van der Waals surface area contributed by atoms with Gasteiger partial charge in [0.2, 0.25) is 0 Å². The molecule has 1 aliphatic rings. The van der Waals surface area contributed by atoms with Crippen LogP contribution in [0.15, 0.2) is 59.5 Å². The average Bonchev–Trinajstić information content (AvgIpc) is 3.05. The molecule has 1 saturated heterocycles. The van der Waals surface area contributed by atoms with Crippen LogP contribution >= 0.6 is 0 Å². The maximum Gasteiger partial charge on any atom is 0.261 e. The van der Waals surface area contributed by atoms with Crippen LogP contribution in [0.5, 0.6) is 0 Å². The Morgan fingerprint density at radius 3 is 2.46 bits per heavy atom. The van der Waals surface area contributed by atoms with Crippen LogP contribution in [-0.4, -0.2) is 33.0 Å². The summed E-state index contributed by atoms with van der Waals surface area (Å²) < 4.78 is 27.3. The summed E-state index contributed by atoms with van der Waals surface area (Å²) in [6.45, 7) is 5.62. The number of rotatable bonds is 6. The normalized spacial score (nSPS) is 18.6. The summed E-state index contributed by atoms with van der Waals surface area (Å²) in [5.41, 5.74) is 1.89. The first-order valence-corrected chi connectivity index (χ1v) is 9.97. The highest BCUT2D eigenvalue weighted by Crippen LogP contribution is 2.28. The zero-order chi connectivity index (χ0) is 17.0. The van der Waals surface area contributed by atoms with Crippen LogP contribution in [0.1, 0.15) is 31.2 Å². The molecule has 1 aliphatic heterocycles. The molecule has 0 aliphatic carbocycles. The van der Waals surface area contributed by atoms with E-state index in [-0.39, 0.29) is 4.90 Å².